The first-order chi connectivity index (χ1) is 8.70. The Kier molecular flexibility index (Phi) is 4.41. The average Bonchev–Trinajstić information content (AvgIpc) is 2.89. The highest BCUT2D eigenvalue weighted by Gasteiger charge is 2.40. The van der Waals surface area contributed by atoms with Crippen LogP contribution in [0.25, 0.3) is 0 Å². The van der Waals surface area contributed by atoms with Crippen molar-refractivity contribution in [3.8, 4) is 0 Å². The maximum absolute atomic E-state index is 10.5. The van der Waals surface area contributed by atoms with Crippen LogP contribution in [0.15, 0.2) is 24.3 Å². The first kappa shape index (κ1) is 13.6. The Balaban J connectivity index is 2.03. The van der Waals surface area contributed by atoms with Crippen LogP contribution < -0.4 is 0 Å². The Morgan fingerprint density at radius 1 is 1.17 bits per heavy atom. The van der Waals surface area contributed by atoms with Gasteiger partial charge in [-0.25, -0.2) is 0 Å². The van der Waals surface area contributed by atoms with Crippen LogP contribution in [-0.4, -0.2) is 23.9 Å². The standard InChI is InChI=1S/C16H24O2/c1-3-13-6-8-14(9-7-13)12-15(17)16(18-2)10-4-5-11-16/h6-9,15,17H,3-5,10-12H2,1-2H3. The van der Waals surface area contributed by atoms with E-state index < -0.39 is 6.10 Å². The number of methoxy groups -OCH3 is 1. The average molecular weight is 248 g/mol. The third-order valence-corrected chi connectivity index (χ3v) is 4.32. The summed E-state index contributed by atoms with van der Waals surface area (Å²) in [6.07, 6.45) is 5.66. The molecule has 1 fully saturated rings. The van der Waals surface area contributed by atoms with E-state index in [1.165, 1.54) is 24.0 Å². The number of aryl methyl sites for hydroxylation is 1. The van der Waals surface area contributed by atoms with Crippen molar-refractivity contribution in [1.82, 2.24) is 0 Å². The third-order valence-electron chi connectivity index (χ3n) is 4.32. The van der Waals surface area contributed by atoms with Crippen LogP contribution in [0.3, 0.4) is 0 Å². The Hall–Kier alpha value is -0.860. The second kappa shape index (κ2) is 5.85. The first-order valence-corrected chi connectivity index (χ1v) is 7.01. The zero-order chi connectivity index (χ0) is 13.0. The molecule has 0 aliphatic heterocycles. The van der Waals surface area contributed by atoms with Gasteiger partial charge in [0, 0.05) is 13.5 Å². The summed E-state index contributed by atoms with van der Waals surface area (Å²) in [5, 5.41) is 10.5. The Morgan fingerprint density at radius 3 is 2.22 bits per heavy atom. The molecule has 1 atom stereocenters. The number of benzene rings is 1. The van der Waals surface area contributed by atoms with Crippen LogP contribution in [0.2, 0.25) is 0 Å². The lowest BCUT2D eigenvalue weighted by Crippen LogP contribution is -2.42. The molecule has 0 bridgehead atoms. The number of rotatable bonds is 5. The van der Waals surface area contributed by atoms with E-state index in [0.717, 1.165) is 19.3 Å². The van der Waals surface area contributed by atoms with Gasteiger partial charge in [0.05, 0.1) is 11.7 Å². The van der Waals surface area contributed by atoms with Crippen LogP contribution in [0.1, 0.15) is 43.7 Å². The Labute approximate surface area is 110 Å². The highest BCUT2D eigenvalue weighted by molar-refractivity contribution is 5.23. The lowest BCUT2D eigenvalue weighted by Gasteiger charge is -2.33. The molecule has 1 aromatic carbocycles. The summed E-state index contributed by atoms with van der Waals surface area (Å²) in [7, 11) is 1.73. The van der Waals surface area contributed by atoms with Gasteiger partial charge in [-0.3, -0.25) is 0 Å². The number of aliphatic hydroxyl groups is 1. The van der Waals surface area contributed by atoms with Crippen molar-refractivity contribution >= 4 is 0 Å². The quantitative estimate of drug-likeness (QED) is 0.867. The van der Waals surface area contributed by atoms with Crippen molar-refractivity contribution in [2.75, 3.05) is 7.11 Å². The Bertz CT molecular complexity index is 363. The fourth-order valence-electron chi connectivity index (χ4n) is 2.97. The van der Waals surface area contributed by atoms with Gasteiger partial charge in [0.1, 0.15) is 0 Å². The minimum Gasteiger partial charge on any atom is -0.390 e. The summed E-state index contributed by atoms with van der Waals surface area (Å²) in [6.45, 7) is 2.16. The van der Waals surface area contributed by atoms with Crippen LogP contribution in [0, 0.1) is 0 Å². The van der Waals surface area contributed by atoms with Gasteiger partial charge >= 0.3 is 0 Å². The molecule has 1 aliphatic carbocycles. The molecule has 2 nitrogen and oxygen atoms in total. The summed E-state index contributed by atoms with van der Waals surface area (Å²) >= 11 is 0. The zero-order valence-electron chi connectivity index (χ0n) is 11.5. The van der Waals surface area contributed by atoms with Gasteiger partial charge in [0.2, 0.25) is 0 Å². The van der Waals surface area contributed by atoms with Crippen molar-refractivity contribution in [1.29, 1.82) is 0 Å². The molecule has 0 saturated heterocycles. The van der Waals surface area contributed by atoms with Gasteiger partial charge in [0.25, 0.3) is 0 Å². The smallest absolute Gasteiger partial charge is 0.0939 e. The fourth-order valence-corrected chi connectivity index (χ4v) is 2.97. The van der Waals surface area contributed by atoms with E-state index in [4.69, 9.17) is 4.74 Å². The van der Waals surface area contributed by atoms with Crippen molar-refractivity contribution < 1.29 is 9.84 Å². The van der Waals surface area contributed by atoms with Gasteiger partial charge in [0.15, 0.2) is 0 Å². The SMILES string of the molecule is CCc1ccc(CC(O)C2(OC)CCCC2)cc1. The van der Waals surface area contributed by atoms with E-state index in [2.05, 4.69) is 31.2 Å². The second-order valence-corrected chi connectivity index (χ2v) is 5.37. The van der Waals surface area contributed by atoms with Gasteiger partial charge in [-0.2, -0.15) is 0 Å². The fraction of sp³-hybridized carbons (Fsp3) is 0.625. The monoisotopic (exact) mass is 248 g/mol. The maximum Gasteiger partial charge on any atom is 0.0939 e. The van der Waals surface area contributed by atoms with Gasteiger partial charge in [-0.05, 0) is 30.4 Å². The lowest BCUT2D eigenvalue weighted by atomic mass is 9.89. The van der Waals surface area contributed by atoms with Crippen molar-refractivity contribution in [3.05, 3.63) is 35.4 Å². The van der Waals surface area contributed by atoms with Crippen molar-refractivity contribution in [3.63, 3.8) is 0 Å². The summed E-state index contributed by atoms with van der Waals surface area (Å²) in [4.78, 5) is 0. The molecule has 1 saturated carbocycles. The second-order valence-electron chi connectivity index (χ2n) is 5.37. The molecule has 1 aliphatic rings. The van der Waals surface area contributed by atoms with E-state index in [0.29, 0.717) is 6.42 Å². The zero-order valence-corrected chi connectivity index (χ0v) is 11.5. The summed E-state index contributed by atoms with van der Waals surface area (Å²) < 4.78 is 5.63. The molecular formula is C16H24O2. The molecule has 0 amide bonds. The minimum atomic E-state index is -0.391. The minimum absolute atomic E-state index is 0.302. The topological polar surface area (TPSA) is 29.5 Å². The van der Waals surface area contributed by atoms with Gasteiger partial charge in [-0.15, -0.1) is 0 Å². The lowest BCUT2D eigenvalue weighted by molar-refractivity contribution is -0.0971. The molecule has 1 aromatic rings. The molecule has 18 heavy (non-hydrogen) atoms. The molecule has 100 valence electrons. The normalized spacial score (nSPS) is 19.9. The molecule has 1 N–H and O–H groups in total. The molecular weight excluding hydrogens is 224 g/mol. The van der Waals surface area contributed by atoms with Crippen LogP contribution >= 0.6 is 0 Å². The Morgan fingerprint density at radius 2 is 1.72 bits per heavy atom. The maximum atomic E-state index is 10.5. The highest BCUT2D eigenvalue weighted by Crippen LogP contribution is 2.36. The molecule has 2 rings (SSSR count). The van der Waals surface area contributed by atoms with Crippen molar-refractivity contribution in [2.45, 2.75) is 57.2 Å². The van der Waals surface area contributed by atoms with E-state index in [-0.39, 0.29) is 5.60 Å². The molecule has 2 heteroatoms. The van der Waals surface area contributed by atoms with E-state index in [9.17, 15) is 5.11 Å². The summed E-state index contributed by atoms with van der Waals surface area (Å²) in [6, 6.07) is 8.55. The number of aliphatic hydroxyl groups excluding tert-OH is 1. The van der Waals surface area contributed by atoms with E-state index in [1.807, 2.05) is 0 Å². The largest absolute Gasteiger partial charge is 0.390 e. The van der Waals surface area contributed by atoms with Gasteiger partial charge in [-0.1, -0.05) is 44.0 Å². The van der Waals surface area contributed by atoms with Crippen molar-refractivity contribution in [2.24, 2.45) is 0 Å². The number of ether oxygens (including phenoxy) is 1. The highest BCUT2D eigenvalue weighted by atomic mass is 16.5. The molecule has 0 spiro atoms. The first-order valence-electron chi connectivity index (χ1n) is 7.01. The summed E-state index contributed by atoms with van der Waals surface area (Å²) in [5.74, 6) is 0. The predicted octanol–water partition coefficient (Wildman–Crippen LogP) is 3.11. The van der Waals surface area contributed by atoms with Gasteiger partial charge < -0.3 is 9.84 Å². The van der Waals surface area contributed by atoms with Crippen LogP contribution in [0.4, 0.5) is 0 Å². The number of hydrogen-bond acceptors (Lipinski definition) is 2. The molecule has 1 unspecified atom stereocenters. The third kappa shape index (κ3) is 2.76. The molecule has 0 aromatic heterocycles. The van der Waals surface area contributed by atoms with Crippen LogP contribution in [-0.2, 0) is 17.6 Å². The predicted molar refractivity (Wildman–Crippen MR) is 73.7 cm³/mol. The van der Waals surface area contributed by atoms with E-state index >= 15 is 0 Å². The number of hydrogen-bond donors (Lipinski definition) is 1. The van der Waals surface area contributed by atoms with E-state index in [1.54, 1.807) is 7.11 Å². The summed E-state index contributed by atoms with van der Waals surface area (Å²) in [5.41, 5.74) is 2.24. The molecule has 0 radical (unpaired) electrons. The van der Waals surface area contributed by atoms with Crippen LogP contribution in [0.5, 0.6) is 0 Å². The molecule has 0 heterocycles.